The Kier molecular flexibility index (Phi) is 5.51. The van der Waals surface area contributed by atoms with E-state index < -0.39 is 6.10 Å². The van der Waals surface area contributed by atoms with E-state index in [2.05, 4.69) is 34.0 Å². The summed E-state index contributed by atoms with van der Waals surface area (Å²) in [6.07, 6.45) is 1.03. The molecule has 0 aliphatic carbocycles. The quantitative estimate of drug-likeness (QED) is 0.860. The van der Waals surface area contributed by atoms with E-state index >= 15 is 0 Å². The van der Waals surface area contributed by atoms with Gasteiger partial charge in [-0.1, -0.05) is 18.2 Å². The van der Waals surface area contributed by atoms with Crippen molar-refractivity contribution in [3.05, 3.63) is 36.0 Å². The standard InChI is InChI=1S/C22H30N4O2/c1-16-14-20(17-6-3-4-7-19(17)23-16)26-11-8-21(27)18(15-26)22(28)25-10-5-9-24(2)12-13-25/h3-4,6-7,14,18,21,27H,5,8-13,15H2,1-2H3/t18-,21+/m0/s1. The Balaban J connectivity index is 1.58. The SMILES string of the molecule is Cc1cc(N2CC[C@@H](O)[C@@H](C(=O)N3CCCN(C)CC3)C2)c2ccccc2n1. The molecule has 150 valence electrons. The summed E-state index contributed by atoms with van der Waals surface area (Å²) in [5.41, 5.74) is 3.06. The van der Waals surface area contributed by atoms with Crippen LogP contribution in [0.3, 0.4) is 0 Å². The van der Waals surface area contributed by atoms with E-state index in [1.807, 2.05) is 30.0 Å². The number of aryl methyl sites for hydroxylation is 1. The summed E-state index contributed by atoms with van der Waals surface area (Å²) >= 11 is 0. The van der Waals surface area contributed by atoms with Crippen LogP contribution in [0.5, 0.6) is 0 Å². The third kappa shape index (κ3) is 3.84. The largest absolute Gasteiger partial charge is 0.392 e. The van der Waals surface area contributed by atoms with Crippen molar-refractivity contribution in [1.82, 2.24) is 14.8 Å². The Morgan fingerprint density at radius 1 is 1.14 bits per heavy atom. The number of pyridine rings is 1. The van der Waals surface area contributed by atoms with Crippen LogP contribution < -0.4 is 4.90 Å². The first-order valence-electron chi connectivity index (χ1n) is 10.3. The van der Waals surface area contributed by atoms with Crippen LogP contribution in [0.15, 0.2) is 30.3 Å². The summed E-state index contributed by atoms with van der Waals surface area (Å²) in [6, 6.07) is 10.2. The molecule has 3 heterocycles. The molecular formula is C22H30N4O2. The first-order chi connectivity index (χ1) is 13.5. The highest BCUT2D eigenvalue weighted by molar-refractivity contribution is 5.92. The van der Waals surface area contributed by atoms with E-state index in [-0.39, 0.29) is 11.8 Å². The fourth-order valence-electron chi connectivity index (χ4n) is 4.45. The van der Waals surface area contributed by atoms with Gasteiger partial charge in [0.15, 0.2) is 0 Å². The third-order valence-electron chi connectivity index (χ3n) is 6.09. The average Bonchev–Trinajstić information content (AvgIpc) is 2.91. The molecule has 4 rings (SSSR count). The second-order valence-corrected chi connectivity index (χ2v) is 8.19. The van der Waals surface area contributed by atoms with Gasteiger partial charge in [0.05, 0.1) is 17.5 Å². The molecule has 2 saturated heterocycles. The molecule has 0 spiro atoms. The molecule has 2 aliphatic heterocycles. The minimum atomic E-state index is -0.570. The van der Waals surface area contributed by atoms with Crippen LogP contribution in [-0.4, -0.2) is 78.2 Å². The maximum Gasteiger partial charge on any atom is 0.230 e. The minimum Gasteiger partial charge on any atom is -0.392 e. The number of para-hydroxylation sites is 1. The summed E-state index contributed by atoms with van der Waals surface area (Å²) in [4.78, 5) is 24.4. The van der Waals surface area contributed by atoms with Gasteiger partial charge in [-0.15, -0.1) is 0 Å². The molecule has 6 nitrogen and oxygen atoms in total. The maximum absolute atomic E-state index is 13.2. The number of aliphatic hydroxyl groups is 1. The number of aromatic nitrogens is 1. The summed E-state index contributed by atoms with van der Waals surface area (Å²) in [7, 11) is 2.10. The number of anilines is 1. The van der Waals surface area contributed by atoms with E-state index in [9.17, 15) is 9.90 Å². The van der Waals surface area contributed by atoms with E-state index in [0.717, 1.165) is 61.4 Å². The molecule has 2 atom stereocenters. The Hall–Kier alpha value is -2.18. The van der Waals surface area contributed by atoms with Crippen LogP contribution in [0.4, 0.5) is 5.69 Å². The first kappa shape index (κ1) is 19.2. The highest BCUT2D eigenvalue weighted by Gasteiger charge is 2.36. The van der Waals surface area contributed by atoms with Gasteiger partial charge in [0.1, 0.15) is 0 Å². The second-order valence-electron chi connectivity index (χ2n) is 8.19. The molecule has 6 heteroatoms. The number of nitrogens with zero attached hydrogens (tertiary/aromatic N) is 4. The fourth-order valence-corrected chi connectivity index (χ4v) is 4.45. The summed E-state index contributed by atoms with van der Waals surface area (Å²) in [5.74, 6) is -0.271. The fraction of sp³-hybridized carbons (Fsp3) is 0.545. The van der Waals surface area contributed by atoms with Crippen molar-refractivity contribution in [2.75, 3.05) is 51.2 Å². The predicted octanol–water partition coefficient (Wildman–Crippen LogP) is 1.89. The second kappa shape index (κ2) is 8.05. The smallest absolute Gasteiger partial charge is 0.230 e. The van der Waals surface area contributed by atoms with Crippen LogP contribution in [0, 0.1) is 12.8 Å². The molecule has 28 heavy (non-hydrogen) atoms. The molecule has 2 fully saturated rings. The molecule has 0 radical (unpaired) electrons. The van der Waals surface area contributed by atoms with Crippen LogP contribution in [0.2, 0.25) is 0 Å². The molecule has 2 aliphatic rings. The average molecular weight is 383 g/mol. The maximum atomic E-state index is 13.2. The third-order valence-corrected chi connectivity index (χ3v) is 6.09. The number of carbonyl (C=O) groups is 1. The molecule has 1 N–H and O–H groups in total. The number of benzene rings is 1. The number of hydrogen-bond donors (Lipinski definition) is 1. The molecule has 0 bridgehead atoms. The summed E-state index contributed by atoms with van der Waals surface area (Å²) in [5, 5.41) is 11.7. The Labute approximate surface area is 166 Å². The van der Waals surface area contributed by atoms with Gasteiger partial charge >= 0.3 is 0 Å². The lowest BCUT2D eigenvalue weighted by molar-refractivity contribution is -0.139. The number of hydrogen-bond acceptors (Lipinski definition) is 5. The highest BCUT2D eigenvalue weighted by Crippen LogP contribution is 2.31. The molecule has 1 amide bonds. The molecular weight excluding hydrogens is 352 g/mol. The summed E-state index contributed by atoms with van der Waals surface area (Å²) in [6.45, 7) is 6.75. The Morgan fingerprint density at radius 2 is 1.96 bits per heavy atom. The molecule has 1 aromatic heterocycles. The summed E-state index contributed by atoms with van der Waals surface area (Å²) < 4.78 is 0. The van der Waals surface area contributed by atoms with Crippen LogP contribution in [0.1, 0.15) is 18.5 Å². The molecule has 0 saturated carbocycles. The van der Waals surface area contributed by atoms with Crippen LogP contribution in [-0.2, 0) is 4.79 Å². The first-order valence-corrected chi connectivity index (χ1v) is 10.3. The van der Waals surface area contributed by atoms with E-state index in [4.69, 9.17) is 0 Å². The highest BCUT2D eigenvalue weighted by atomic mass is 16.3. The number of amides is 1. The van der Waals surface area contributed by atoms with Crippen molar-refractivity contribution in [2.45, 2.75) is 25.9 Å². The van der Waals surface area contributed by atoms with E-state index in [0.29, 0.717) is 13.0 Å². The van der Waals surface area contributed by atoms with Crippen molar-refractivity contribution >= 4 is 22.5 Å². The van der Waals surface area contributed by atoms with Gasteiger partial charge in [-0.05, 0) is 45.5 Å². The lowest BCUT2D eigenvalue weighted by Gasteiger charge is -2.39. The number of piperidine rings is 1. The predicted molar refractivity (Wildman–Crippen MR) is 112 cm³/mol. The number of rotatable bonds is 2. The molecule has 2 aromatic rings. The number of aliphatic hydroxyl groups excluding tert-OH is 1. The topological polar surface area (TPSA) is 59.9 Å². The van der Waals surface area contributed by atoms with Crippen molar-refractivity contribution in [3.8, 4) is 0 Å². The van der Waals surface area contributed by atoms with E-state index in [1.54, 1.807) is 0 Å². The van der Waals surface area contributed by atoms with Crippen LogP contribution >= 0.6 is 0 Å². The van der Waals surface area contributed by atoms with Crippen molar-refractivity contribution in [1.29, 1.82) is 0 Å². The van der Waals surface area contributed by atoms with Crippen molar-refractivity contribution < 1.29 is 9.90 Å². The van der Waals surface area contributed by atoms with Gasteiger partial charge in [-0.3, -0.25) is 9.78 Å². The molecule has 0 unspecified atom stereocenters. The zero-order chi connectivity index (χ0) is 19.7. The van der Waals surface area contributed by atoms with Gasteiger partial charge in [0, 0.05) is 49.5 Å². The van der Waals surface area contributed by atoms with Gasteiger partial charge in [0.2, 0.25) is 5.91 Å². The van der Waals surface area contributed by atoms with E-state index in [1.165, 1.54) is 0 Å². The van der Waals surface area contributed by atoms with Crippen molar-refractivity contribution in [3.63, 3.8) is 0 Å². The van der Waals surface area contributed by atoms with Gasteiger partial charge < -0.3 is 19.8 Å². The Bertz CT molecular complexity index is 856. The zero-order valence-electron chi connectivity index (χ0n) is 16.8. The van der Waals surface area contributed by atoms with Crippen LogP contribution in [0.25, 0.3) is 10.9 Å². The molecule has 1 aromatic carbocycles. The lowest BCUT2D eigenvalue weighted by Crippen LogP contribution is -2.51. The van der Waals surface area contributed by atoms with Crippen molar-refractivity contribution in [2.24, 2.45) is 5.92 Å². The number of carbonyl (C=O) groups excluding carboxylic acids is 1. The number of likely N-dealkylation sites (N-methyl/N-ethyl adjacent to an activating group) is 1. The number of fused-ring (bicyclic) bond motifs is 1. The Morgan fingerprint density at radius 3 is 2.82 bits per heavy atom. The minimum absolute atomic E-state index is 0.0996. The van der Waals surface area contributed by atoms with Gasteiger partial charge in [-0.2, -0.15) is 0 Å². The monoisotopic (exact) mass is 382 g/mol. The lowest BCUT2D eigenvalue weighted by atomic mass is 9.92. The van der Waals surface area contributed by atoms with Gasteiger partial charge in [0.25, 0.3) is 0 Å². The normalized spacial score (nSPS) is 24.4. The van der Waals surface area contributed by atoms with Gasteiger partial charge in [-0.25, -0.2) is 0 Å². The zero-order valence-corrected chi connectivity index (χ0v) is 16.8.